The third-order valence-electron chi connectivity index (χ3n) is 3.55. The standard InChI is InChI=1S/C14H19NO2/c1-14(2,12-7-8-12)15-9-10-3-5-11(6-4-10)13(16)17/h3-6,12,15H,7-9H2,1-2H3,(H,16,17). The fraction of sp³-hybridized carbons (Fsp3) is 0.500. The summed E-state index contributed by atoms with van der Waals surface area (Å²) in [5, 5.41) is 12.3. The van der Waals surface area contributed by atoms with Crippen molar-refractivity contribution in [3.63, 3.8) is 0 Å². The van der Waals surface area contributed by atoms with Crippen molar-refractivity contribution in [2.24, 2.45) is 5.92 Å². The average molecular weight is 233 g/mol. The molecular weight excluding hydrogens is 214 g/mol. The fourth-order valence-corrected chi connectivity index (χ4v) is 2.04. The summed E-state index contributed by atoms with van der Waals surface area (Å²) in [4.78, 5) is 10.7. The number of carboxylic acid groups (broad SMARTS) is 1. The van der Waals surface area contributed by atoms with Gasteiger partial charge in [0.1, 0.15) is 0 Å². The number of nitrogens with one attached hydrogen (secondary N) is 1. The lowest BCUT2D eigenvalue weighted by Crippen LogP contribution is -2.40. The molecule has 0 aliphatic heterocycles. The summed E-state index contributed by atoms with van der Waals surface area (Å²) in [5.74, 6) is -0.0800. The Kier molecular flexibility index (Phi) is 3.20. The van der Waals surface area contributed by atoms with Crippen LogP contribution in [-0.2, 0) is 6.54 Å². The minimum atomic E-state index is -0.872. The van der Waals surface area contributed by atoms with Gasteiger partial charge < -0.3 is 10.4 Å². The molecule has 1 fully saturated rings. The first-order chi connectivity index (χ1) is 7.99. The highest BCUT2D eigenvalue weighted by atomic mass is 16.4. The molecule has 0 heterocycles. The van der Waals surface area contributed by atoms with Crippen molar-refractivity contribution in [1.29, 1.82) is 0 Å². The molecule has 1 saturated carbocycles. The van der Waals surface area contributed by atoms with Crippen LogP contribution in [0.4, 0.5) is 0 Å². The van der Waals surface area contributed by atoms with Crippen molar-refractivity contribution >= 4 is 5.97 Å². The molecule has 1 aromatic rings. The van der Waals surface area contributed by atoms with E-state index in [-0.39, 0.29) is 5.54 Å². The molecule has 0 amide bonds. The van der Waals surface area contributed by atoms with Crippen molar-refractivity contribution in [3.05, 3.63) is 35.4 Å². The Bertz CT molecular complexity index is 405. The van der Waals surface area contributed by atoms with Crippen LogP contribution in [0.1, 0.15) is 42.6 Å². The van der Waals surface area contributed by atoms with Crippen LogP contribution in [0.5, 0.6) is 0 Å². The van der Waals surface area contributed by atoms with Gasteiger partial charge in [-0.05, 0) is 50.3 Å². The van der Waals surface area contributed by atoms with Crippen molar-refractivity contribution in [1.82, 2.24) is 5.32 Å². The van der Waals surface area contributed by atoms with Gasteiger partial charge in [0, 0.05) is 12.1 Å². The second-order valence-corrected chi connectivity index (χ2v) is 5.35. The molecule has 17 heavy (non-hydrogen) atoms. The molecule has 1 aromatic carbocycles. The van der Waals surface area contributed by atoms with Crippen LogP contribution in [0.15, 0.2) is 24.3 Å². The summed E-state index contributed by atoms with van der Waals surface area (Å²) in [5.41, 5.74) is 1.66. The minimum absolute atomic E-state index is 0.186. The van der Waals surface area contributed by atoms with E-state index in [1.54, 1.807) is 12.1 Å². The van der Waals surface area contributed by atoms with E-state index in [4.69, 9.17) is 5.11 Å². The van der Waals surface area contributed by atoms with Crippen LogP contribution in [0, 0.1) is 5.92 Å². The highest BCUT2D eigenvalue weighted by Gasteiger charge is 2.36. The number of benzene rings is 1. The summed E-state index contributed by atoms with van der Waals surface area (Å²) in [7, 11) is 0. The maximum absolute atomic E-state index is 10.7. The number of hydrogen-bond donors (Lipinski definition) is 2. The SMILES string of the molecule is CC(C)(NCc1ccc(C(=O)O)cc1)C1CC1. The lowest BCUT2D eigenvalue weighted by molar-refractivity contribution is 0.0697. The Balaban J connectivity index is 1.92. The van der Waals surface area contributed by atoms with Crippen LogP contribution >= 0.6 is 0 Å². The van der Waals surface area contributed by atoms with Crippen LogP contribution in [0.3, 0.4) is 0 Å². The maximum Gasteiger partial charge on any atom is 0.335 e. The first-order valence-corrected chi connectivity index (χ1v) is 6.06. The van der Waals surface area contributed by atoms with Gasteiger partial charge in [0.15, 0.2) is 0 Å². The van der Waals surface area contributed by atoms with E-state index in [1.165, 1.54) is 12.8 Å². The molecule has 3 heteroatoms. The number of aromatic carboxylic acids is 1. The molecule has 1 aliphatic carbocycles. The van der Waals surface area contributed by atoms with Crippen molar-refractivity contribution < 1.29 is 9.90 Å². The van der Waals surface area contributed by atoms with Gasteiger partial charge in [-0.1, -0.05) is 12.1 Å². The van der Waals surface area contributed by atoms with Gasteiger partial charge in [0.25, 0.3) is 0 Å². The zero-order valence-corrected chi connectivity index (χ0v) is 10.4. The summed E-state index contributed by atoms with van der Waals surface area (Å²) in [6.45, 7) is 5.26. The highest BCUT2D eigenvalue weighted by molar-refractivity contribution is 5.87. The molecule has 0 unspecified atom stereocenters. The summed E-state index contributed by atoms with van der Waals surface area (Å²) < 4.78 is 0. The number of carboxylic acids is 1. The fourth-order valence-electron chi connectivity index (χ4n) is 2.04. The quantitative estimate of drug-likeness (QED) is 0.822. The number of rotatable bonds is 5. The Morgan fingerprint density at radius 2 is 1.94 bits per heavy atom. The number of hydrogen-bond acceptors (Lipinski definition) is 2. The molecule has 0 atom stereocenters. The smallest absolute Gasteiger partial charge is 0.335 e. The van der Waals surface area contributed by atoms with Gasteiger partial charge in [-0.2, -0.15) is 0 Å². The predicted molar refractivity (Wildman–Crippen MR) is 67.0 cm³/mol. The van der Waals surface area contributed by atoms with Gasteiger partial charge in [-0.3, -0.25) is 0 Å². The molecule has 92 valence electrons. The van der Waals surface area contributed by atoms with E-state index in [2.05, 4.69) is 19.2 Å². The normalized spacial score (nSPS) is 15.9. The van der Waals surface area contributed by atoms with Crippen molar-refractivity contribution in [2.75, 3.05) is 0 Å². The van der Waals surface area contributed by atoms with Crippen LogP contribution < -0.4 is 5.32 Å². The second kappa shape index (κ2) is 4.49. The zero-order chi connectivity index (χ0) is 12.5. The Hall–Kier alpha value is -1.35. The summed E-state index contributed by atoms with van der Waals surface area (Å²) >= 11 is 0. The van der Waals surface area contributed by atoms with Gasteiger partial charge >= 0.3 is 5.97 Å². The zero-order valence-electron chi connectivity index (χ0n) is 10.4. The Morgan fingerprint density at radius 1 is 1.35 bits per heavy atom. The van der Waals surface area contributed by atoms with E-state index in [0.717, 1.165) is 18.0 Å². The van der Waals surface area contributed by atoms with E-state index in [9.17, 15) is 4.79 Å². The highest BCUT2D eigenvalue weighted by Crippen LogP contribution is 2.39. The predicted octanol–water partition coefficient (Wildman–Crippen LogP) is 2.66. The Labute approximate surface area is 102 Å². The number of carbonyl (C=O) groups is 1. The van der Waals surface area contributed by atoms with E-state index < -0.39 is 5.97 Å². The lowest BCUT2D eigenvalue weighted by Gasteiger charge is -2.26. The molecule has 0 spiro atoms. The topological polar surface area (TPSA) is 49.3 Å². The molecular formula is C14H19NO2. The van der Waals surface area contributed by atoms with E-state index in [1.807, 2.05) is 12.1 Å². The van der Waals surface area contributed by atoms with Crippen LogP contribution in [-0.4, -0.2) is 16.6 Å². The molecule has 0 saturated heterocycles. The van der Waals surface area contributed by atoms with E-state index >= 15 is 0 Å². The second-order valence-electron chi connectivity index (χ2n) is 5.35. The first kappa shape index (κ1) is 12.1. The van der Waals surface area contributed by atoms with Crippen molar-refractivity contribution in [2.45, 2.75) is 38.8 Å². The van der Waals surface area contributed by atoms with Crippen LogP contribution in [0.25, 0.3) is 0 Å². The molecule has 0 aromatic heterocycles. The maximum atomic E-state index is 10.7. The molecule has 3 nitrogen and oxygen atoms in total. The van der Waals surface area contributed by atoms with E-state index in [0.29, 0.717) is 5.56 Å². The van der Waals surface area contributed by atoms with Crippen molar-refractivity contribution in [3.8, 4) is 0 Å². The third-order valence-corrected chi connectivity index (χ3v) is 3.55. The molecule has 0 radical (unpaired) electrons. The monoisotopic (exact) mass is 233 g/mol. The molecule has 1 aliphatic rings. The average Bonchev–Trinajstić information content (AvgIpc) is 3.11. The first-order valence-electron chi connectivity index (χ1n) is 6.06. The van der Waals surface area contributed by atoms with Gasteiger partial charge in [0.2, 0.25) is 0 Å². The lowest BCUT2D eigenvalue weighted by atomic mass is 9.98. The Morgan fingerprint density at radius 3 is 2.41 bits per heavy atom. The van der Waals surface area contributed by atoms with Gasteiger partial charge in [0.05, 0.1) is 5.56 Å². The largest absolute Gasteiger partial charge is 0.478 e. The molecule has 2 rings (SSSR count). The van der Waals surface area contributed by atoms with Gasteiger partial charge in [-0.15, -0.1) is 0 Å². The third kappa shape index (κ3) is 3.07. The molecule has 0 bridgehead atoms. The van der Waals surface area contributed by atoms with Gasteiger partial charge in [-0.25, -0.2) is 4.79 Å². The summed E-state index contributed by atoms with van der Waals surface area (Å²) in [6.07, 6.45) is 2.63. The molecule has 2 N–H and O–H groups in total. The summed E-state index contributed by atoms with van der Waals surface area (Å²) in [6, 6.07) is 7.06. The van der Waals surface area contributed by atoms with Crippen LogP contribution in [0.2, 0.25) is 0 Å². The minimum Gasteiger partial charge on any atom is -0.478 e.